The van der Waals surface area contributed by atoms with Crippen molar-refractivity contribution in [1.29, 1.82) is 5.26 Å². The average molecular weight is 666 g/mol. The number of ether oxygens (including phenoxy) is 1. The summed E-state index contributed by atoms with van der Waals surface area (Å²) in [5.74, 6) is -0.327. The van der Waals surface area contributed by atoms with Crippen LogP contribution in [0.1, 0.15) is 87.4 Å². The van der Waals surface area contributed by atoms with E-state index < -0.39 is 32.2 Å². The monoisotopic (exact) mass is 665 g/mol. The Morgan fingerprint density at radius 2 is 1.87 bits per heavy atom. The second-order valence-corrected chi connectivity index (χ2v) is 16.9. The highest BCUT2D eigenvalue weighted by Gasteiger charge is 2.54. The molecule has 0 spiro atoms. The number of hydrogen-bond acceptors (Lipinski definition) is 7. The summed E-state index contributed by atoms with van der Waals surface area (Å²) in [7, 11) is -4.01. The number of rotatable bonds is 1. The predicted molar refractivity (Wildman–Crippen MR) is 179 cm³/mol. The van der Waals surface area contributed by atoms with Crippen LogP contribution in [0.2, 0.25) is 5.02 Å². The van der Waals surface area contributed by atoms with Gasteiger partial charge in [0.05, 0.1) is 22.4 Å². The van der Waals surface area contributed by atoms with E-state index in [-0.39, 0.29) is 35.3 Å². The minimum atomic E-state index is -4.01. The SMILES string of the molecule is C[C@@H]1[C@@H](C)C/C=C/[C@](O)(C(C)(C)C#N)[C@@H]2CC[C@H]2CN2C[C@H]3CCCc4cc(Cl)ccc4C3Oc3ccc(cc32)C(=O)NS1(=O)=O. The molecule has 246 valence electrons. The van der Waals surface area contributed by atoms with Crippen molar-refractivity contribution >= 4 is 33.2 Å². The zero-order chi connectivity index (χ0) is 33.0. The van der Waals surface area contributed by atoms with Gasteiger partial charge in [-0.2, -0.15) is 5.26 Å². The first kappa shape index (κ1) is 32.9. The average Bonchev–Trinajstić information content (AvgIpc) is 3.25. The van der Waals surface area contributed by atoms with E-state index in [0.717, 1.165) is 43.4 Å². The molecule has 0 saturated heterocycles. The molecule has 1 unspecified atom stereocenters. The third kappa shape index (κ3) is 5.82. The molecule has 2 aliphatic heterocycles. The van der Waals surface area contributed by atoms with Gasteiger partial charge in [0.2, 0.25) is 10.0 Å². The fourth-order valence-electron chi connectivity index (χ4n) is 7.85. The largest absolute Gasteiger partial charge is 0.483 e. The first-order chi connectivity index (χ1) is 21.7. The number of nitrogens with one attached hydrogen (secondary N) is 1. The van der Waals surface area contributed by atoms with Gasteiger partial charge in [0.25, 0.3) is 5.91 Å². The molecule has 0 aromatic heterocycles. The second kappa shape index (κ2) is 12.2. The number of aryl methyl sites for hydroxylation is 1. The van der Waals surface area contributed by atoms with Crippen LogP contribution < -0.4 is 14.4 Å². The highest BCUT2D eigenvalue weighted by Crippen LogP contribution is 2.52. The predicted octanol–water partition coefficient (Wildman–Crippen LogP) is 6.58. The Hall–Kier alpha value is -3.06. The van der Waals surface area contributed by atoms with E-state index in [9.17, 15) is 23.6 Å². The number of carbonyl (C=O) groups is 1. The molecule has 4 aliphatic rings. The Balaban J connectivity index is 1.47. The summed E-state index contributed by atoms with van der Waals surface area (Å²) in [6.07, 6.45) is 8.22. The van der Waals surface area contributed by atoms with Crippen molar-refractivity contribution in [2.45, 2.75) is 83.2 Å². The van der Waals surface area contributed by atoms with Gasteiger partial charge in [0, 0.05) is 29.6 Å². The highest BCUT2D eigenvalue weighted by atomic mass is 35.5. The molecule has 46 heavy (non-hydrogen) atoms. The van der Waals surface area contributed by atoms with E-state index in [0.29, 0.717) is 30.3 Å². The Bertz CT molecular complexity index is 1700. The number of benzene rings is 2. The molecule has 2 N–H and O–H groups in total. The van der Waals surface area contributed by atoms with Crippen molar-refractivity contribution in [3.63, 3.8) is 0 Å². The van der Waals surface area contributed by atoms with Crippen LogP contribution in [0.25, 0.3) is 0 Å². The summed E-state index contributed by atoms with van der Waals surface area (Å²) in [4.78, 5) is 15.7. The Morgan fingerprint density at radius 3 is 2.59 bits per heavy atom. The number of amides is 1. The molecule has 1 fully saturated rings. The van der Waals surface area contributed by atoms with Gasteiger partial charge in [-0.1, -0.05) is 36.7 Å². The number of sulfonamides is 1. The van der Waals surface area contributed by atoms with Crippen molar-refractivity contribution in [3.8, 4) is 11.8 Å². The lowest BCUT2D eigenvalue weighted by molar-refractivity contribution is -0.0994. The number of nitrogens with zero attached hydrogens (tertiary/aromatic N) is 2. The van der Waals surface area contributed by atoms with Gasteiger partial charge in [-0.05, 0) is 119 Å². The van der Waals surface area contributed by atoms with Crippen LogP contribution in [0.4, 0.5) is 5.69 Å². The fourth-order valence-corrected chi connectivity index (χ4v) is 9.33. The minimum absolute atomic E-state index is 0.0886. The molecule has 8 nitrogen and oxygen atoms in total. The van der Waals surface area contributed by atoms with E-state index >= 15 is 0 Å². The van der Waals surface area contributed by atoms with E-state index in [1.807, 2.05) is 25.1 Å². The van der Waals surface area contributed by atoms with Crippen LogP contribution in [0.5, 0.6) is 5.75 Å². The number of anilines is 1. The van der Waals surface area contributed by atoms with E-state index in [4.69, 9.17) is 16.3 Å². The number of fused-ring (bicyclic) bond motifs is 5. The van der Waals surface area contributed by atoms with Crippen LogP contribution >= 0.6 is 11.6 Å². The maximum atomic E-state index is 13.5. The van der Waals surface area contributed by atoms with Crippen molar-refractivity contribution in [2.75, 3.05) is 18.0 Å². The lowest BCUT2D eigenvalue weighted by Crippen LogP contribution is -2.56. The molecule has 2 aliphatic carbocycles. The van der Waals surface area contributed by atoms with Crippen LogP contribution in [-0.2, 0) is 16.4 Å². The molecule has 0 radical (unpaired) electrons. The molecular formula is C36H44ClN3O5S. The first-order valence-electron chi connectivity index (χ1n) is 16.5. The van der Waals surface area contributed by atoms with Gasteiger partial charge in [0.15, 0.2) is 0 Å². The van der Waals surface area contributed by atoms with Crippen LogP contribution in [0.15, 0.2) is 48.6 Å². The molecule has 1 amide bonds. The number of carbonyl (C=O) groups excluding carboxylic acids is 1. The molecule has 2 bridgehead atoms. The highest BCUT2D eigenvalue weighted by molar-refractivity contribution is 7.90. The number of halogens is 1. The topological polar surface area (TPSA) is 120 Å². The van der Waals surface area contributed by atoms with Crippen molar-refractivity contribution in [3.05, 3.63) is 70.3 Å². The standard InChI is InChI=1S/C36H44ClN3O5S/c1-22-7-6-16-36(42,35(3,4)21-38)30-14-10-26(30)19-40-20-27-9-5-8-24-17-28(37)12-13-29(24)33(27)45-32-15-11-25(18-31(32)40)34(41)39-46(43,44)23(22)2/h6,11-13,15-18,22-23,26-27,30,33,42H,5,7-10,14,19-20H2,1-4H3,(H,39,41)/b16-6+/t22-,23+,26-,27+,30+,33?,36+/m0/s1. The molecule has 10 heteroatoms. The number of nitriles is 1. The van der Waals surface area contributed by atoms with Gasteiger partial charge >= 0.3 is 0 Å². The summed E-state index contributed by atoms with van der Waals surface area (Å²) in [6, 6.07) is 13.5. The molecule has 2 heterocycles. The van der Waals surface area contributed by atoms with Gasteiger partial charge in [-0.15, -0.1) is 0 Å². The third-order valence-corrected chi connectivity index (χ3v) is 13.4. The van der Waals surface area contributed by atoms with Crippen molar-refractivity contribution in [1.82, 2.24) is 4.72 Å². The van der Waals surface area contributed by atoms with E-state index in [2.05, 4.69) is 21.8 Å². The molecule has 7 atom stereocenters. The number of hydrogen-bond donors (Lipinski definition) is 2. The fraction of sp³-hybridized carbons (Fsp3) is 0.556. The Morgan fingerprint density at radius 1 is 1.11 bits per heavy atom. The Labute approximate surface area is 277 Å². The molecule has 2 aromatic rings. The van der Waals surface area contributed by atoms with Gasteiger partial charge in [0.1, 0.15) is 17.5 Å². The minimum Gasteiger partial charge on any atom is -0.483 e. The maximum Gasteiger partial charge on any atom is 0.264 e. The summed E-state index contributed by atoms with van der Waals surface area (Å²) >= 11 is 6.39. The van der Waals surface area contributed by atoms with Gasteiger partial charge < -0.3 is 14.7 Å². The second-order valence-electron chi connectivity index (χ2n) is 14.4. The third-order valence-electron chi connectivity index (χ3n) is 11.3. The van der Waals surface area contributed by atoms with Crippen LogP contribution in [0.3, 0.4) is 0 Å². The zero-order valence-electron chi connectivity index (χ0n) is 27.0. The van der Waals surface area contributed by atoms with Crippen LogP contribution in [0, 0.1) is 40.4 Å². The molecular weight excluding hydrogens is 622 g/mol. The summed E-state index contributed by atoms with van der Waals surface area (Å²) in [5.41, 5.74) is 0.784. The molecule has 1 saturated carbocycles. The van der Waals surface area contributed by atoms with E-state index in [1.165, 1.54) is 5.56 Å². The summed E-state index contributed by atoms with van der Waals surface area (Å²) < 4.78 is 35.8. The lowest BCUT2D eigenvalue weighted by Gasteiger charge is -2.52. The first-order valence-corrected chi connectivity index (χ1v) is 18.4. The number of aliphatic hydroxyl groups is 1. The molecule has 6 rings (SSSR count). The van der Waals surface area contributed by atoms with Gasteiger partial charge in [-0.25, -0.2) is 13.1 Å². The van der Waals surface area contributed by atoms with Crippen LogP contribution in [-0.4, -0.2) is 43.4 Å². The smallest absolute Gasteiger partial charge is 0.264 e. The number of allylic oxidation sites excluding steroid dienone is 1. The normalized spacial score (nSPS) is 33.2. The van der Waals surface area contributed by atoms with Gasteiger partial charge in [-0.3, -0.25) is 4.79 Å². The zero-order valence-corrected chi connectivity index (χ0v) is 28.6. The van der Waals surface area contributed by atoms with E-state index in [1.54, 1.807) is 45.0 Å². The van der Waals surface area contributed by atoms with Crippen molar-refractivity contribution in [2.24, 2.45) is 29.1 Å². The lowest BCUT2D eigenvalue weighted by atomic mass is 9.56. The van der Waals surface area contributed by atoms with Crippen molar-refractivity contribution < 1.29 is 23.1 Å². The summed E-state index contributed by atoms with van der Waals surface area (Å²) in [6.45, 7) is 8.22. The summed E-state index contributed by atoms with van der Waals surface area (Å²) in [5, 5.41) is 22.3. The molecule has 2 aromatic carbocycles. The Kier molecular flexibility index (Phi) is 8.71. The maximum absolute atomic E-state index is 13.5. The quantitative estimate of drug-likeness (QED) is 0.330.